The van der Waals surface area contributed by atoms with Crippen LogP contribution in [0.2, 0.25) is 0 Å². The standard InChI is InChI=1S/C13H28N4O2S/c18-20(19,13-12-17-9-4-14-5-10-17)15-6-11-16-7-2-1-3-8-16/h14-15H,1-13H2. The van der Waals surface area contributed by atoms with Crippen LogP contribution in [0.1, 0.15) is 19.3 Å². The molecule has 0 atom stereocenters. The maximum Gasteiger partial charge on any atom is 0.212 e. The normalized spacial score (nSPS) is 23.0. The summed E-state index contributed by atoms with van der Waals surface area (Å²) in [6.07, 6.45) is 3.80. The Morgan fingerprint density at radius 2 is 1.55 bits per heavy atom. The van der Waals surface area contributed by atoms with Gasteiger partial charge in [0.2, 0.25) is 10.0 Å². The topological polar surface area (TPSA) is 64.7 Å². The molecule has 7 heteroatoms. The van der Waals surface area contributed by atoms with Crippen LogP contribution >= 0.6 is 0 Å². The maximum absolute atomic E-state index is 11.9. The fourth-order valence-electron chi connectivity index (χ4n) is 2.80. The van der Waals surface area contributed by atoms with Crippen LogP contribution in [0.4, 0.5) is 0 Å². The van der Waals surface area contributed by atoms with E-state index in [1.165, 1.54) is 19.3 Å². The van der Waals surface area contributed by atoms with Crippen molar-refractivity contribution >= 4 is 10.0 Å². The first-order chi connectivity index (χ1) is 9.66. The van der Waals surface area contributed by atoms with Crippen molar-refractivity contribution in [1.82, 2.24) is 19.8 Å². The van der Waals surface area contributed by atoms with Crippen molar-refractivity contribution < 1.29 is 8.42 Å². The van der Waals surface area contributed by atoms with Gasteiger partial charge in [-0.2, -0.15) is 0 Å². The monoisotopic (exact) mass is 304 g/mol. The minimum atomic E-state index is -3.12. The lowest BCUT2D eigenvalue weighted by atomic mass is 10.1. The molecule has 2 aliphatic rings. The van der Waals surface area contributed by atoms with Crippen molar-refractivity contribution in [2.24, 2.45) is 0 Å². The van der Waals surface area contributed by atoms with Gasteiger partial charge < -0.3 is 10.2 Å². The molecule has 0 spiro atoms. The van der Waals surface area contributed by atoms with Gasteiger partial charge in [-0.25, -0.2) is 13.1 Å². The van der Waals surface area contributed by atoms with Gasteiger partial charge in [-0.1, -0.05) is 6.42 Å². The van der Waals surface area contributed by atoms with Gasteiger partial charge in [-0.3, -0.25) is 4.90 Å². The van der Waals surface area contributed by atoms with Crippen molar-refractivity contribution in [3.63, 3.8) is 0 Å². The number of piperazine rings is 1. The Morgan fingerprint density at radius 3 is 2.25 bits per heavy atom. The summed E-state index contributed by atoms with van der Waals surface area (Å²) in [4.78, 5) is 4.56. The van der Waals surface area contributed by atoms with Gasteiger partial charge in [-0.15, -0.1) is 0 Å². The van der Waals surface area contributed by atoms with Crippen molar-refractivity contribution in [2.45, 2.75) is 19.3 Å². The second-order valence-corrected chi connectivity index (χ2v) is 7.63. The second-order valence-electron chi connectivity index (χ2n) is 5.71. The number of rotatable bonds is 7. The molecule has 118 valence electrons. The largest absolute Gasteiger partial charge is 0.314 e. The van der Waals surface area contributed by atoms with Crippen molar-refractivity contribution in [1.29, 1.82) is 0 Å². The van der Waals surface area contributed by atoms with E-state index in [1.807, 2.05) is 0 Å². The molecule has 2 rings (SSSR count). The van der Waals surface area contributed by atoms with Crippen LogP contribution in [0, 0.1) is 0 Å². The molecule has 0 radical (unpaired) electrons. The third-order valence-electron chi connectivity index (χ3n) is 4.08. The molecular weight excluding hydrogens is 276 g/mol. The minimum absolute atomic E-state index is 0.215. The van der Waals surface area contributed by atoms with E-state index in [1.54, 1.807) is 0 Å². The molecular formula is C13H28N4O2S. The molecule has 2 aliphatic heterocycles. The lowest BCUT2D eigenvalue weighted by molar-refractivity contribution is 0.232. The van der Waals surface area contributed by atoms with Crippen LogP contribution in [0.15, 0.2) is 0 Å². The predicted molar refractivity (Wildman–Crippen MR) is 81.4 cm³/mol. The number of nitrogens with one attached hydrogen (secondary N) is 2. The molecule has 2 saturated heterocycles. The van der Waals surface area contributed by atoms with Crippen LogP contribution in [0.5, 0.6) is 0 Å². The zero-order valence-corrected chi connectivity index (χ0v) is 13.1. The number of sulfonamides is 1. The summed E-state index contributed by atoms with van der Waals surface area (Å²) in [6, 6.07) is 0. The first-order valence-electron chi connectivity index (χ1n) is 7.78. The quantitative estimate of drug-likeness (QED) is 0.651. The van der Waals surface area contributed by atoms with Crippen LogP contribution in [0.25, 0.3) is 0 Å². The highest BCUT2D eigenvalue weighted by atomic mass is 32.2. The molecule has 0 unspecified atom stereocenters. The third kappa shape index (κ3) is 6.05. The molecule has 2 N–H and O–H groups in total. The Kier molecular flexibility index (Phi) is 6.70. The lowest BCUT2D eigenvalue weighted by Gasteiger charge is -2.27. The van der Waals surface area contributed by atoms with E-state index in [9.17, 15) is 8.42 Å². The Labute approximate surface area is 122 Å². The minimum Gasteiger partial charge on any atom is -0.314 e. The van der Waals surface area contributed by atoms with E-state index >= 15 is 0 Å². The summed E-state index contributed by atoms with van der Waals surface area (Å²) in [5, 5.41) is 3.27. The van der Waals surface area contributed by atoms with Gasteiger partial charge in [-0.05, 0) is 25.9 Å². The highest BCUT2D eigenvalue weighted by Crippen LogP contribution is 2.07. The van der Waals surface area contributed by atoms with Gasteiger partial charge >= 0.3 is 0 Å². The molecule has 0 aromatic rings. The van der Waals surface area contributed by atoms with Crippen molar-refractivity contribution in [3.05, 3.63) is 0 Å². The lowest BCUT2D eigenvalue weighted by Crippen LogP contribution is -2.46. The van der Waals surface area contributed by atoms with Crippen LogP contribution in [-0.4, -0.2) is 82.9 Å². The molecule has 0 aromatic heterocycles. The summed E-state index contributed by atoms with van der Waals surface area (Å²) in [5.41, 5.74) is 0. The predicted octanol–water partition coefficient (Wildman–Crippen LogP) is -0.703. The molecule has 0 aromatic carbocycles. The van der Waals surface area contributed by atoms with E-state index in [0.717, 1.165) is 45.8 Å². The smallest absolute Gasteiger partial charge is 0.212 e. The van der Waals surface area contributed by atoms with Crippen LogP contribution < -0.4 is 10.0 Å². The van der Waals surface area contributed by atoms with E-state index in [-0.39, 0.29) is 5.75 Å². The fourth-order valence-corrected chi connectivity index (χ4v) is 3.84. The maximum atomic E-state index is 11.9. The highest BCUT2D eigenvalue weighted by Gasteiger charge is 2.16. The van der Waals surface area contributed by atoms with Gasteiger partial charge in [0.25, 0.3) is 0 Å². The van der Waals surface area contributed by atoms with E-state index in [0.29, 0.717) is 13.1 Å². The molecule has 20 heavy (non-hydrogen) atoms. The fraction of sp³-hybridized carbons (Fsp3) is 1.00. The average molecular weight is 304 g/mol. The first kappa shape index (κ1) is 16.2. The summed E-state index contributed by atoms with van der Waals surface area (Å²) in [6.45, 7) is 8.07. The number of nitrogens with zero attached hydrogens (tertiary/aromatic N) is 2. The van der Waals surface area contributed by atoms with E-state index in [4.69, 9.17) is 0 Å². The number of hydrogen-bond acceptors (Lipinski definition) is 5. The summed E-state index contributed by atoms with van der Waals surface area (Å²) in [5.74, 6) is 0.215. The summed E-state index contributed by atoms with van der Waals surface area (Å²) < 4.78 is 26.6. The Balaban J connectivity index is 1.60. The van der Waals surface area contributed by atoms with E-state index in [2.05, 4.69) is 19.8 Å². The van der Waals surface area contributed by atoms with E-state index < -0.39 is 10.0 Å². The van der Waals surface area contributed by atoms with Crippen LogP contribution in [0.3, 0.4) is 0 Å². The Hall–Kier alpha value is -0.210. The molecule has 0 aliphatic carbocycles. The molecule has 2 heterocycles. The first-order valence-corrected chi connectivity index (χ1v) is 9.44. The number of piperidine rings is 1. The summed E-state index contributed by atoms with van der Waals surface area (Å²) in [7, 11) is -3.12. The molecule has 0 saturated carbocycles. The van der Waals surface area contributed by atoms with Gasteiger partial charge in [0.05, 0.1) is 5.75 Å². The summed E-state index contributed by atoms with van der Waals surface area (Å²) >= 11 is 0. The molecule has 0 amide bonds. The number of hydrogen-bond donors (Lipinski definition) is 2. The van der Waals surface area contributed by atoms with Gasteiger partial charge in [0, 0.05) is 45.8 Å². The van der Waals surface area contributed by atoms with Gasteiger partial charge in [0.1, 0.15) is 0 Å². The third-order valence-corrected chi connectivity index (χ3v) is 5.45. The van der Waals surface area contributed by atoms with Crippen LogP contribution in [-0.2, 0) is 10.0 Å². The highest BCUT2D eigenvalue weighted by molar-refractivity contribution is 7.89. The Bertz CT molecular complexity index is 363. The van der Waals surface area contributed by atoms with Crippen molar-refractivity contribution in [2.75, 3.05) is 64.7 Å². The average Bonchev–Trinajstić information content (AvgIpc) is 2.47. The molecule has 6 nitrogen and oxygen atoms in total. The number of likely N-dealkylation sites (tertiary alicyclic amines) is 1. The molecule has 0 bridgehead atoms. The zero-order chi connectivity index (χ0) is 14.3. The Morgan fingerprint density at radius 1 is 0.900 bits per heavy atom. The molecule has 2 fully saturated rings. The van der Waals surface area contributed by atoms with Gasteiger partial charge in [0.15, 0.2) is 0 Å². The zero-order valence-electron chi connectivity index (χ0n) is 12.3. The SMILES string of the molecule is O=S(=O)(CCN1CCNCC1)NCCN1CCCCC1. The van der Waals surface area contributed by atoms with Crippen molar-refractivity contribution in [3.8, 4) is 0 Å². The second kappa shape index (κ2) is 8.29.